The molecule has 118 valence electrons. The summed E-state index contributed by atoms with van der Waals surface area (Å²) in [5, 5.41) is 6.27. The molecule has 0 aliphatic carbocycles. The van der Waals surface area contributed by atoms with Gasteiger partial charge in [0.25, 0.3) is 0 Å². The van der Waals surface area contributed by atoms with E-state index in [1.807, 2.05) is 37.3 Å². The lowest BCUT2D eigenvalue weighted by Crippen LogP contribution is -2.31. The van der Waals surface area contributed by atoms with Crippen molar-refractivity contribution in [1.82, 2.24) is 5.32 Å². The molecule has 0 spiro atoms. The van der Waals surface area contributed by atoms with Crippen molar-refractivity contribution in [3.05, 3.63) is 65.7 Å². The summed E-state index contributed by atoms with van der Waals surface area (Å²) >= 11 is 0. The molecule has 5 heteroatoms. The molecule has 0 fully saturated rings. The predicted molar refractivity (Wildman–Crippen MR) is 87.9 cm³/mol. The number of carbonyl (C=O) groups is 1. The molecule has 0 unspecified atom stereocenters. The van der Waals surface area contributed by atoms with E-state index in [0.717, 1.165) is 11.0 Å². The van der Waals surface area contributed by atoms with E-state index in [1.165, 1.54) is 6.07 Å². The number of para-hydroxylation sites is 2. The first-order chi connectivity index (χ1) is 11.0. The summed E-state index contributed by atoms with van der Waals surface area (Å²) in [6, 6.07) is 13.3. The summed E-state index contributed by atoms with van der Waals surface area (Å²) in [5.74, 6) is 0.183. The number of halogens is 1. The van der Waals surface area contributed by atoms with Gasteiger partial charge in [0.05, 0.1) is 11.7 Å². The highest BCUT2D eigenvalue weighted by atomic mass is 19.1. The fourth-order valence-corrected chi connectivity index (χ4v) is 2.42. The summed E-state index contributed by atoms with van der Waals surface area (Å²) in [7, 11) is 0. The monoisotopic (exact) mass is 312 g/mol. The van der Waals surface area contributed by atoms with Gasteiger partial charge in [-0.1, -0.05) is 30.3 Å². The molecule has 4 nitrogen and oxygen atoms in total. The van der Waals surface area contributed by atoms with Crippen molar-refractivity contribution >= 4 is 22.7 Å². The van der Waals surface area contributed by atoms with Gasteiger partial charge in [0.2, 0.25) is 0 Å². The SMILES string of the molecule is Cc1cccc(F)c1NC(=O)N[C@H](C)c1cc2ccccc2o1. The van der Waals surface area contributed by atoms with Gasteiger partial charge in [0.15, 0.2) is 0 Å². The van der Waals surface area contributed by atoms with Gasteiger partial charge >= 0.3 is 6.03 Å². The average molecular weight is 312 g/mol. The molecule has 2 amide bonds. The van der Waals surface area contributed by atoms with E-state index in [4.69, 9.17) is 4.42 Å². The van der Waals surface area contributed by atoms with Crippen LogP contribution in [0.1, 0.15) is 24.3 Å². The summed E-state index contributed by atoms with van der Waals surface area (Å²) in [6.07, 6.45) is 0. The van der Waals surface area contributed by atoms with E-state index >= 15 is 0 Å². The molecule has 0 aliphatic heterocycles. The predicted octanol–water partition coefficient (Wildman–Crippen LogP) is 4.76. The number of nitrogens with one attached hydrogen (secondary N) is 2. The zero-order valence-electron chi connectivity index (χ0n) is 12.9. The van der Waals surface area contributed by atoms with Crippen LogP contribution in [0.2, 0.25) is 0 Å². The molecule has 2 N–H and O–H groups in total. The Bertz CT molecular complexity index is 804. The van der Waals surface area contributed by atoms with E-state index in [0.29, 0.717) is 11.3 Å². The van der Waals surface area contributed by atoms with Crippen LogP contribution in [0.25, 0.3) is 11.0 Å². The van der Waals surface area contributed by atoms with Crippen LogP contribution in [0, 0.1) is 12.7 Å². The van der Waals surface area contributed by atoms with Gasteiger partial charge in [-0.2, -0.15) is 0 Å². The fourth-order valence-electron chi connectivity index (χ4n) is 2.42. The van der Waals surface area contributed by atoms with Gasteiger partial charge in [0, 0.05) is 5.39 Å². The molecule has 2 aromatic carbocycles. The van der Waals surface area contributed by atoms with E-state index < -0.39 is 11.8 Å². The normalized spacial score (nSPS) is 12.1. The average Bonchev–Trinajstić information content (AvgIpc) is 2.95. The maximum atomic E-state index is 13.7. The van der Waals surface area contributed by atoms with Crippen molar-refractivity contribution in [3.63, 3.8) is 0 Å². The highest BCUT2D eigenvalue weighted by Crippen LogP contribution is 2.24. The Morgan fingerprint density at radius 1 is 1.17 bits per heavy atom. The lowest BCUT2D eigenvalue weighted by atomic mass is 10.2. The Morgan fingerprint density at radius 3 is 2.70 bits per heavy atom. The molecular formula is C18H17FN2O2. The number of rotatable bonds is 3. The molecule has 1 aromatic heterocycles. The first-order valence-corrected chi connectivity index (χ1v) is 7.35. The summed E-state index contributed by atoms with van der Waals surface area (Å²) in [6.45, 7) is 3.55. The molecule has 0 saturated carbocycles. The van der Waals surface area contributed by atoms with Gasteiger partial charge in [0.1, 0.15) is 17.2 Å². The molecule has 3 rings (SSSR count). The van der Waals surface area contributed by atoms with E-state index in [9.17, 15) is 9.18 Å². The Hall–Kier alpha value is -2.82. The number of fused-ring (bicyclic) bond motifs is 1. The second kappa shape index (κ2) is 6.12. The van der Waals surface area contributed by atoms with Gasteiger partial charge in [-0.3, -0.25) is 0 Å². The van der Waals surface area contributed by atoms with Crippen LogP contribution in [-0.4, -0.2) is 6.03 Å². The van der Waals surface area contributed by atoms with E-state index in [2.05, 4.69) is 10.6 Å². The second-order valence-corrected chi connectivity index (χ2v) is 5.44. The van der Waals surface area contributed by atoms with Crippen molar-refractivity contribution < 1.29 is 13.6 Å². The van der Waals surface area contributed by atoms with Crippen molar-refractivity contribution in [3.8, 4) is 0 Å². The lowest BCUT2D eigenvalue weighted by molar-refractivity contribution is 0.247. The maximum absolute atomic E-state index is 13.7. The number of anilines is 1. The number of urea groups is 1. The summed E-state index contributed by atoms with van der Waals surface area (Å²) in [5.41, 5.74) is 1.61. The first kappa shape index (κ1) is 15.1. The van der Waals surface area contributed by atoms with Gasteiger partial charge in [-0.05, 0) is 37.6 Å². The molecule has 0 saturated heterocycles. The van der Waals surface area contributed by atoms with Gasteiger partial charge in [-0.15, -0.1) is 0 Å². The summed E-state index contributed by atoms with van der Waals surface area (Å²) in [4.78, 5) is 12.1. The third-order valence-corrected chi connectivity index (χ3v) is 3.68. The largest absolute Gasteiger partial charge is 0.459 e. The van der Waals surface area contributed by atoms with Crippen LogP contribution in [0.4, 0.5) is 14.9 Å². The number of hydrogen-bond donors (Lipinski definition) is 2. The Morgan fingerprint density at radius 2 is 1.96 bits per heavy atom. The van der Waals surface area contributed by atoms with E-state index in [1.54, 1.807) is 19.1 Å². The van der Waals surface area contributed by atoms with Gasteiger partial charge < -0.3 is 15.1 Å². The number of aryl methyl sites for hydroxylation is 1. The zero-order valence-corrected chi connectivity index (χ0v) is 12.9. The summed E-state index contributed by atoms with van der Waals surface area (Å²) < 4.78 is 19.5. The Balaban J connectivity index is 1.72. The molecule has 0 radical (unpaired) electrons. The molecule has 23 heavy (non-hydrogen) atoms. The van der Waals surface area contributed by atoms with Crippen LogP contribution < -0.4 is 10.6 Å². The molecule has 3 aromatic rings. The standard InChI is InChI=1S/C18H17FN2O2/c1-11-6-5-8-14(19)17(11)21-18(22)20-12(2)16-10-13-7-3-4-9-15(13)23-16/h3-10,12H,1-2H3,(H2,20,21,22)/t12-/m1/s1. The zero-order chi connectivity index (χ0) is 16.4. The molecular weight excluding hydrogens is 295 g/mol. The smallest absolute Gasteiger partial charge is 0.319 e. The van der Waals surface area contributed by atoms with Crippen LogP contribution in [0.3, 0.4) is 0 Å². The third-order valence-electron chi connectivity index (χ3n) is 3.68. The van der Waals surface area contributed by atoms with Crippen LogP contribution in [0.15, 0.2) is 52.9 Å². The molecule has 1 heterocycles. The first-order valence-electron chi connectivity index (χ1n) is 7.35. The topological polar surface area (TPSA) is 54.3 Å². The van der Waals surface area contributed by atoms with Crippen molar-refractivity contribution in [2.45, 2.75) is 19.9 Å². The molecule has 1 atom stereocenters. The Kier molecular flexibility index (Phi) is 4.02. The van der Waals surface area contributed by atoms with Crippen LogP contribution >= 0.6 is 0 Å². The van der Waals surface area contributed by atoms with Crippen molar-refractivity contribution in [1.29, 1.82) is 0 Å². The quantitative estimate of drug-likeness (QED) is 0.732. The van der Waals surface area contributed by atoms with Crippen LogP contribution in [0.5, 0.6) is 0 Å². The minimum atomic E-state index is -0.480. The number of amides is 2. The highest BCUT2D eigenvalue weighted by molar-refractivity contribution is 5.90. The number of carbonyl (C=O) groups excluding carboxylic acids is 1. The maximum Gasteiger partial charge on any atom is 0.319 e. The highest BCUT2D eigenvalue weighted by Gasteiger charge is 2.15. The number of benzene rings is 2. The minimum Gasteiger partial charge on any atom is -0.459 e. The fraction of sp³-hybridized carbons (Fsp3) is 0.167. The Labute approximate surface area is 133 Å². The van der Waals surface area contributed by atoms with E-state index in [-0.39, 0.29) is 11.7 Å². The number of furan rings is 1. The van der Waals surface area contributed by atoms with Crippen molar-refractivity contribution in [2.75, 3.05) is 5.32 Å². The molecule has 0 bridgehead atoms. The van der Waals surface area contributed by atoms with Crippen molar-refractivity contribution in [2.24, 2.45) is 0 Å². The lowest BCUT2D eigenvalue weighted by Gasteiger charge is -2.14. The molecule has 0 aliphatic rings. The van der Waals surface area contributed by atoms with Gasteiger partial charge in [-0.25, -0.2) is 9.18 Å². The number of hydrogen-bond acceptors (Lipinski definition) is 2. The minimum absolute atomic E-state index is 0.182. The van der Waals surface area contributed by atoms with Crippen LogP contribution in [-0.2, 0) is 0 Å². The second-order valence-electron chi connectivity index (χ2n) is 5.44. The third kappa shape index (κ3) is 3.18.